The molecule has 5 nitrogen and oxygen atoms in total. The zero-order valence-electron chi connectivity index (χ0n) is 14.2. The highest BCUT2D eigenvalue weighted by Gasteiger charge is 2.21. The van der Waals surface area contributed by atoms with Gasteiger partial charge < -0.3 is 10.2 Å². The summed E-state index contributed by atoms with van der Waals surface area (Å²) in [6, 6.07) is 3.79. The van der Waals surface area contributed by atoms with Gasteiger partial charge in [0.25, 0.3) is 0 Å². The van der Waals surface area contributed by atoms with Crippen molar-refractivity contribution in [3.8, 4) is 0 Å². The van der Waals surface area contributed by atoms with Crippen LogP contribution in [-0.2, 0) is 4.79 Å². The summed E-state index contributed by atoms with van der Waals surface area (Å²) in [6.07, 6.45) is 3.77. The maximum atomic E-state index is 11.6. The van der Waals surface area contributed by atoms with E-state index in [1.165, 1.54) is 19.3 Å². The molecule has 0 radical (unpaired) electrons. The summed E-state index contributed by atoms with van der Waals surface area (Å²) in [4.78, 5) is 13.9. The molecule has 0 spiro atoms. The molecular weight excluding hydrogens is 276 g/mol. The molecule has 1 saturated heterocycles. The van der Waals surface area contributed by atoms with Crippen LogP contribution in [0.3, 0.4) is 0 Å². The molecule has 1 amide bonds. The first kappa shape index (κ1) is 16.7. The van der Waals surface area contributed by atoms with Crippen molar-refractivity contribution in [2.75, 3.05) is 23.3 Å². The largest absolute Gasteiger partial charge is 0.355 e. The lowest BCUT2D eigenvalue weighted by Crippen LogP contribution is -2.34. The van der Waals surface area contributed by atoms with Crippen molar-refractivity contribution in [2.24, 2.45) is 17.8 Å². The van der Waals surface area contributed by atoms with Crippen LogP contribution in [0.1, 0.15) is 47.0 Å². The Balaban J connectivity index is 1.88. The third-order valence-corrected chi connectivity index (χ3v) is 4.17. The van der Waals surface area contributed by atoms with Crippen molar-refractivity contribution in [1.29, 1.82) is 0 Å². The molecule has 0 aliphatic carbocycles. The Bertz CT molecular complexity index is 476. The van der Waals surface area contributed by atoms with Gasteiger partial charge in [-0.15, -0.1) is 10.2 Å². The highest BCUT2D eigenvalue weighted by atomic mass is 16.1. The van der Waals surface area contributed by atoms with E-state index >= 15 is 0 Å². The molecule has 0 bridgehead atoms. The van der Waals surface area contributed by atoms with E-state index in [-0.39, 0.29) is 11.8 Å². The van der Waals surface area contributed by atoms with Gasteiger partial charge in [0.15, 0.2) is 11.6 Å². The summed E-state index contributed by atoms with van der Waals surface area (Å²) in [5.74, 6) is 2.97. The van der Waals surface area contributed by atoms with Crippen LogP contribution in [0.5, 0.6) is 0 Å². The number of nitrogens with zero attached hydrogens (tertiary/aromatic N) is 3. The lowest BCUT2D eigenvalue weighted by atomic mass is 9.89. The second-order valence-electron chi connectivity index (χ2n) is 6.98. The SMILES string of the molecule is CC(C)CC1CCN(c2ccc(NC(=O)C(C)C)nn2)CC1. The van der Waals surface area contributed by atoms with E-state index in [2.05, 4.69) is 34.3 Å². The van der Waals surface area contributed by atoms with Gasteiger partial charge in [0.2, 0.25) is 5.91 Å². The van der Waals surface area contributed by atoms with E-state index in [4.69, 9.17) is 0 Å². The molecular formula is C17H28N4O. The van der Waals surface area contributed by atoms with Gasteiger partial charge in [-0.25, -0.2) is 0 Å². The van der Waals surface area contributed by atoms with Crippen LogP contribution in [0, 0.1) is 17.8 Å². The quantitative estimate of drug-likeness (QED) is 0.906. The minimum Gasteiger partial charge on any atom is -0.355 e. The molecule has 2 heterocycles. The predicted octanol–water partition coefficient (Wildman–Crippen LogP) is 3.33. The Kier molecular flexibility index (Phi) is 5.75. The minimum absolute atomic E-state index is 0.0310. The van der Waals surface area contributed by atoms with E-state index in [0.717, 1.165) is 30.7 Å². The first-order valence-electron chi connectivity index (χ1n) is 8.35. The third kappa shape index (κ3) is 4.68. The van der Waals surface area contributed by atoms with Gasteiger partial charge in [-0.05, 0) is 43.2 Å². The monoisotopic (exact) mass is 304 g/mol. The van der Waals surface area contributed by atoms with Crippen molar-refractivity contribution in [1.82, 2.24) is 10.2 Å². The third-order valence-electron chi connectivity index (χ3n) is 4.17. The molecule has 2 rings (SSSR count). The number of amides is 1. The number of carbonyl (C=O) groups excluding carboxylic acids is 1. The fourth-order valence-corrected chi connectivity index (χ4v) is 2.90. The number of piperidine rings is 1. The average molecular weight is 304 g/mol. The zero-order chi connectivity index (χ0) is 16.1. The minimum atomic E-state index is -0.0542. The van der Waals surface area contributed by atoms with E-state index in [9.17, 15) is 4.79 Å². The molecule has 1 aromatic heterocycles. The molecule has 1 aliphatic heterocycles. The van der Waals surface area contributed by atoms with Crippen LogP contribution in [0.15, 0.2) is 12.1 Å². The van der Waals surface area contributed by atoms with Crippen molar-refractivity contribution in [3.63, 3.8) is 0 Å². The van der Waals surface area contributed by atoms with Crippen LogP contribution in [0.25, 0.3) is 0 Å². The highest BCUT2D eigenvalue weighted by Crippen LogP contribution is 2.26. The van der Waals surface area contributed by atoms with Crippen molar-refractivity contribution >= 4 is 17.5 Å². The molecule has 0 unspecified atom stereocenters. The average Bonchev–Trinajstić information content (AvgIpc) is 2.48. The predicted molar refractivity (Wildman–Crippen MR) is 89.9 cm³/mol. The molecule has 5 heteroatoms. The van der Waals surface area contributed by atoms with Crippen LogP contribution in [0.4, 0.5) is 11.6 Å². The number of nitrogens with one attached hydrogen (secondary N) is 1. The number of hydrogen-bond acceptors (Lipinski definition) is 4. The van der Waals surface area contributed by atoms with E-state index in [1.807, 2.05) is 26.0 Å². The maximum Gasteiger partial charge on any atom is 0.228 e. The zero-order valence-corrected chi connectivity index (χ0v) is 14.2. The fourth-order valence-electron chi connectivity index (χ4n) is 2.90. The summed E-state index contributed by atoms with van der Waals surface area (Å²) in [7, 11) is 0. The summed E-state index contributed by atoms with van der Waals surface area (Å²) in [5, 5.41) is 11.2. The molecule has 22 heavy (non-hydrogen) atoms. The standard InChI is InChI=1S/C17H28N4O/c1-12(2)11-14-7-9-21(10-8-14)16-6-5-15(19-20-16)18-17(22)13(3)4/h5-6,12-14H,7-11H2,1-4H3,(H,18,19,22). The summed E-state index contributed by atoms with van der Waals surface area (Å²) in [6.45, 7) is 10.4. The number of hydrogen-bond donors (Lipinski definition) is 1. The van der Waals surface area contributed by atoms with E-state index in [0.29, 0.717) is 5.82 Å². The Morgan fingerprint density at radius 1 is 1.23 bits per heavy atom. The number of aromatic nitrogens is 2. The lowest BCUT2D eigenvalue weighted by molar-refractivity contribution is -0.118. The van der Waals surface area contributed by atoms with Crippen LogP contribution >= 0.6 is 0 Å². The van der Waals surface area contributed by atoms with Crippen LogP contribution < -0.4 is 10.2 Å². The summed E-state index contributed by atoms with van der Waals surface area (Å²) in [5.41, 5.74) is 0. The van der Waals surface area contributed by atoms with E-state index in [1.54, 1.807) is 0 Å². The smallest absolute Gasteiger partial charge is 0.228 e. The molecule has 1 N–H and O–H groups in total. The highest BCUT2D eigenvalue weighted by molar-refractivity contribution is 5.91. The Morgan fingerprint density at radius 3 is 2.41 bits per heavy atom. The van der Waals surface area contributed by atoms with Gasteiger partial charge in [-0.1, -0.05) is 27.7 Å². The van der Waals surface area contributed by atoms with Gasteiger partial charge in [0.1, 0.15) is 0 Å². The Morgan fingerprint density at radius 2 is 1.91 bits per heavy atom. The van der Waals surface area contributed by atoms with Crippen LogP contribution in [-0.4, -0.2) is 29.2 Å². The van der Waals surface area contributed by atoms with Crippen molar-refractivity contribution < 1.29 is 4.79 Å². The summed E-state index contributed by atoms with van der Waals surface area (Å²) >= 11 is 0. The molecule has 1 fully saturated rings. The number of carbonyl (C=O) groups is 1. The van der Waals surface area contributed by atoms with Gasteiger partial charge in [-0.3, -0.25) is 4.79 Å². The van der Waals surface area contributed by atoms with Gasteiger partial charge in [0, 0.05) is 19.0 Å². The normalized spacial score (nSPS) is 16.4. The topological polar surface area (TPSA) is 58.1 Å². The van der Waals surface area contributed by atoms with Crippen molar-refractivity contribution in [3.05, 3.63) is 12.1 Å². The Hall–Kier alpha value is -1.65. The van der Waals surface area contributed by atoms with Gasteiger partial charge >= 0.3 is 0 Å². The molecule has 1 aliphatic rings. The molecule has 0 aromatic carbocycles. The van der Waals surface area contributed by atoms with Gasteiger partial charge in [0.05, 0.1) is 0 Å². The van der Waals surface area contributed by atoms with E-state index < -0.39 is 0 Å². The second-order valence-corrected chi connectivity index (χ2v) is 6.98. The molecule has 1 aromatic rings. The molecule has 0 atom stereocenters. The fraction of sp³-hybridized carbons (Fsp3) is 0.706. The first-order valence-corrected chi connectivity index (χ1v) is 8.35. The summed E-state index contributed by atoms with van der Waals surface area (Å²) < 4.78 is 0. The van der Waals surface area contributed by atoms with Crippen LogP contribution in [0.2, 0.25) is 0 Å². The maximum absolute atomic E-state index is 11.6. The van der Waals surface area contributed by atoms with Gasteiger partial charge in [-0.2, -0.15) is 0 Å². The molecule has 0 saturated carbocycles. The number of rotatable bonds is 5. The van der Waals surface area contributed by atoms with Crippen molar-refractivity contribution in [2.45, 2.75) is 47.0 Å². The number of anilines is 2. The Labute approximate surface area is 133 Å². The molecule has 122 valence electrons. The second kappa shape index (κ2) is 7.56. The first-order chi connectivity index (χ1) is 10.5. The lowest BCUT2D eigenvalue weighted by Gasteiger charge is -2.33.